The Morgan fingerprint density at radius 3 is 2.93 bits per heavy atom. The van der Waals surface area contributed by atoms with Crippen molar-refractivity contribution in [1.29, 1.82) is 0 Å². The lowest BCUT2D eigenvalue weighted by Crippen LogP contribution is -2.47. The second-order valence-electron chi connectivity index (χ2n) is 4.67. The predicted molar refractivity (Wildman–Crippen MR) is 66.2 cm³/mol. The molecule has 1 aromatic heterocycles. The van der Waals surface area contributed by atoms with Crippen molar-refractivity contribution >= 4 is 11.3 Å². The molecule has 84 valence electrons. The Hall–Kier alpha value is -0.380. The van der Waals surface area contributed by atoms with Gasteiger partial charge in [0.05, 0.1) is 0 Å². The summed E-state index contributed by atoms with van der Waals surface area (Å²) in [7, 11) is 2.22. The lowest BCUT2D eigenvalue weighted by atomic mass is 9.89. The average Bonchev–Trinajstić information content (AvgIpc) is 2.52. The molecule has 2 nitrogen and oxygen atoms in total. The van der Waals surface area contributed by atoms with E-state index in [9.17, 15) is 0 Å². The van der Waals surface area contributed by atoms with Gasteiger partial charge in [0, 0.05) is 18.0 Å². The van der Waals surface area contributed by atoms with Gasteiger partial charge in [0.1, 0.15) is 0 Å². The average molecular weight is 224 g/mol. The van der Waals surface area contributed by atoms with Crippen molar-refractivity contribution in [2.24, 2.45) is 11.8 Å². The third-order valence-corrected chi connectivity index (χ3v) is 4.08. The second kappa shape index (κ2) is 5.10. The molecule has 1 aliphatic heterocycles. The van der Waals surface area contributed by atoms with Gasteiger partial charge in [-0.3, -0.25) is 0 Å². The van der Waals surface area contributed by atoms with E-state index in [0.29, 0.717) is 0 Å². The fourth-order valence-electron chi connectivity index (χ4n) is 2.09. The van der Waals surface area contributed by atoms with Crippen LogP contribution in [0.3, 0.4) is 0 Å². The standard InChI is InChI=1S/C12H20N2S/c1-10(11-6-13-7-11)8-14(2)9-12-4-3-5-15-12/h3-5,10-11,13H,6-9H2,1-2H3. The van der Waals surface area contributed by atoms with Crippen molar-refractivity contribution in [3.8, 4) is 0 Å². The predicted octanol–water partition coefficient (Wildman–Crippen LogP) is 2.04. The molecule has 2 heterocycles. The largest absolute Gasteiger partial charge is 0.316 e. The van der Waals surface area contributed by atoms with E-state index in [1.807, 2.05) is 11.3 Å². The summed E-state index contributed by atoms with van der Waals surface area (Å²) in [6.07, 6.45) is 0. The quantitative estimate of drug-likeness (QED) is 0.823. The molecule has 3 heteroatoms. The third kappa shape index (κ3) is 3.03. The Morgan fingerprint density at radius 1 is 1.60 bits per heavy atom. The molecule has 0 aliphatic carbocycles. The fourth-order valence-corrected chi connectivity index (χ4v) is 2.87. The van der Waals surface area contributed by atoms with E-state index in [1.54, 1.807) is 0 Å². The summed E-state index contributed by atoms with van der Waals surface area (Å²) < 4.78 is 0. The van der Waals surface area contributed by atoms with Crippen LogP contribution in [-0.2, 0) is 6.54 Å². The lowest BCUT2D eigenvalue weighted by Gasteiger charge is -2.34. The maximum Gasteiger partial charge on any atom is 0.0324 e. The van der Waals surface area contributed by atoms with Crippen LogP contribution >= 0.6 is 11.3 Å². The minimum absolute atomic E-state index is 0.816. The monoisotopic (exact) mass is 224 g/mol. The molecule has 1 fully saturated rings. The van der Waals surface area contributed by atoms with E-state index in [1.165, 1.54) is 24.5 Å². The fraction of sp³-hybridized carbons (Fsp3) is 0.667. The van der Waals surface area contributed by atoms with Crippen LogP contribution < -0.4 is 5.32 Å². The molecule has 0 spiro atoms. The molecular weight excluding hydrogens is 204 g/mol. The topological polar surface area (TPSA) is 15.3 Å². The minimum atomic E-state index is 0.816. The van der Waals surface area contributed by atoms with E-state index in [2.05, 4.69) is 41.7 Å². The molecule has 1 unspecified atom stereocenters. The molecule has 1 aliphatic rings. The number of rotatable bonds is 5. The van der Waals surface area contributed by atoms with Gasteiger partial charge in [-0.25, -0.2) is 0 Å². The van der Waals surface area contributed by atoms with Gasteiger partial charge in [0.15, 0.2) is 0 Å². The Bertz CT molecular complexity index is 280. The van der Waals surface area contributed by atoms with Crippen LogP contribution in [-0.4, -0.2) is 31.6 Å². The van der Waals surface area contributed by atoms with Crippen LogP contribution in [0, 0.1) is 11.8 Å². The van der Waals surface area contributed by atoms with E-state index >= 15 is 0 Å². The van der Waals surface area contributed by atoms with Crippen LogP contribution in [0.5, 0.6) is 0 Å². The van der Waals surface area contributed by atoms with Gasteiger partial charge in [-0.15, -0.1) is 11.3 Å². The van der Waals surface area contributed by atoms with E-state index in [0.717, 1.165) is 18.4 Å². The maximum absolute atomic E-state index is 3.34. The Balaban J connectivity index is 1.74. The molecule has 1 atom stereocenters. The van der Waals surface area contributed by atoms with Crippen LogP contribution in [0.1, 0.15) is 11.8 Å². The maximum atomic E-state index is 3.34. The number of nitrogens with one attached hydrogen (secondary N) is 1. The van der Waals surface area contributed by atoms with Gasteiger partial charge in [-0.1, -0.05) is 13.0 Å². The number of hydrogen-bond acceptors (Lipinski definition) is 3. The molecule has 1 saturated heterocycles. The van der Waals surface area contributed by atoms with Crippen molar-refractivity contribution < 1.29 is 0 Å². The molecule has 1 aromatic rings. The molecular formula is C12H20N2S. The van der Waals surface area contributed by atoms with Crippen LogP contribution in [0.4, 0.5) is 0 Å². The highest BCUT2D eigenvalue weighted by Crippen LogP contribution is 2.18. The van der Waals surface area contributed by atoms with Crippen molar-refractivity contribution in [3.63, 3.8) is 0 Å². The molecule has 0 saturated carbocycles. The van der Waals surface area contributed by atoms with Crippen molar-refractivity contribution in [2.75, 3.05) is 26.7 Å². The van der Waals surface area contributed by atoms with Crippen molar-refractivity contribution in [1.82, 2.24) is 10.2 Å². The Labute approximate surface area is 96.3 Å². The van der Waals surface area contributed by atoms with Gasteiger partial charge in [-0.2, -0.15) is 0 Å². The first-order valence-corrected chi connectivity index (χ1v) is 6.55. The SMILES string of the molecule is CC(CN(C)Cc1cccs1)C1CNC1. The molecule has 2 rings (SSSR count). The summed E-state index contributed by atoms with van der Waals surface area (Å²) in [4.78, 5) is 3.91. The summed E-state index contributed by atoms with van der Waals surface area (Å²) >= 11 is 1.85. The minimum Gasteiger partial charge on any atom is -0.316 e. The van der Waals surface area contributed by atoms with Crippen LogP contribution in [0.25, 0.3) is 0 Å². The first-order valence-electron chi connectivity index (χ1n) is 5.67. The first kappa shape index (κ1) is 11.1. The molecule has 0 bridgehead atoms. The summed E-state index contributed by atoms with van der Waals surface area (Å²) in [5, 5.41) is 5.50. The zero-order chi connectivity index (χ0) is 10.7. The lowest BCUT2D eigenvalue weighted by molar-refractivity contribution is 0.183. The summed E-state index contributed by atoms with van der Waals surface area (Å²) in [6, 6.07) is 4.35. The second-order valence-corrected chi connectivity index (χ2v) is 5.70. The highest BCUT2D eigenvalue weighted by Gasteiger charge is 2.24. The number of thiophene rings is 1. The summed E-state index contributed by atoms with van der Waals surface area (Å²) in [6.45, 7) is 7.12. The summed E-state index contributed by atoms with van der Waals surface area (Å²) in [5.41, 5.74) is 0. The van der Waals surface area contributed by atoms with Crippen LogP contribution in [0.2, 0.25) is 0 Å². The highest BCUT2D eigenvalue weighted by molar-refractivity contribution is 7.09. The molecule has 15 heavy (non-hydrogen) atoms. The van der Waals surface area contributed by atoms with Gasteiger partial charge in [-0.05, 0) is 43.4 Å². The Morgan fingerprint density at radius 2 is 2.40 bits per heavy atom. The summed E-state index contributed by atoms with van der Waals surface area (Å²) in [5.74, 6) is 1.71. The van der Waals surface area contributed by atoms with Gasteiger partial charge >= 0.3 is 0 Å². The van der Waals surface area contributed by atoms with E-state index in [4.69, 9.17) is 0 Å². The highest BCUT2D eigenvalue weighted by atomic mass is 32.1. The zero-order valence-corrected chi connectivity index (χ0v) is 10.4. The smallest absolute Gasteiger partial charge is 0.0324 e. The van der Waals surface area contributed by atoms with Crippen molar-refractivity contribution in [3.05, 3.63) is 22.4 Å². The van der Waals surface area contributed by atoms with Gasteiger partial charge in [0.2, 0.25) is 0 Å². The third-order valence-electron chi connectivity index (χ3n) is 3.22. The van der Waals surface area contributed by atoms with Gasteiger partial charge in [0.25, 0.3) is 0 Å². The molecule has 0 amide bonds. The Kier molecular flexibility index (Phi) is 3.78. The van der Waals surface area contributed by atoms with Crippen LogP contribution in [0.15, 0.2) is 17.5 Å². The van der Waals surface area contributed by atoms with Crippen molar-refractivity contribution in [2.45, 2.75) is 13.5 Å². The van der Waals surface area contributed by atoms with Gasteiger partial charge < -0.3 is 10.2 Å². The molecule has 0 radical (unpaired) electrons. The van der Waals surface area contributed by atoms with E-state index < -0.39 is 0 Å². The number of nitrogens with zero attached hydrogens (tertiary/aromatic N) is 1. The molecule has 0 aromatic carbocycles. The van der Waals surface area contributed by atoms with E-state index in [-0.39, 0.29) is 0 Å². The number of hydrogen-bond donors (Lipinski definition) is 1. The molecule has 1 N–H and O–H groups in total. The first-order chi connectivity index (χ1) is 7.25. The zero-order valence-electron chi connectivity index (χ0n) is 9.57. The normalized spacial score (nSPS) is 19.1.